The van der Waals surface area contributed by atoms with Crippen LogP contribution >= 0.6 is 11.6 Å². The van der Waals surface area contributed by atoms with Gasteiger partial charge in [-0.3, -0.25) is 4.79 Å². The van der Waals surface area contributed by atoms with Crippen molar-refractivity contribution in [1.29, 1.82) is 0 Å². The lowest BCUT2D eigenvalue weighted by atomic mass is 10.0. The smallest absolute Gasteiger partial charge is 0.306 e. The zero-order valence-corrected chi connectivity index (χ0v) is 14.9. The molecular weight excluding hydrogens is 284 g/mol. The van der Waals surface area contributed by atoms with Gasteiger partial charge in [0.05, 0.1) is 0 Å². The van der Waals surface area contributed by atoms with Crippen LogP contribution in [0.1, 0.15) is 97.3 Å². The van der Waals surface area contributed by atoms with E-state index in [-0.39, 0.29) is 12.1 Å². The summed E-state index contributed by atoms with van der Waals surface area (Å²) in [6.45, 7) is 4.43. The predicted octanol–water partition coefficient (Wildman–Crippen LogP) is 6.25. The molecule has 0 aliphatic rings. The minimum absolute atomic E-state index is 0.0350. The minimum atomic E-state index is -0.0350. The summed E-state index contributed by atoms with van der Waals surface area (Å²) in [7, 11) is 0. The fourth-order valence-electron chi connectivity index (χ4n) is 2.45. The van der Waals surface area contributed by atoms with Gasteiger partial charge in [0.15, 0.2) is 0 Å². The van der Waals surface area contributed by atoms with Gasteiger partial charge in [-0.2, -0.15) is 0 Å². The number of alkyl halides is 1. The van der Waals surface area contributed by atoms with Gasteiger partial charge in [0.25, 0.3) is 0 Å². The Morgan fingerprint density at radius 2 is 1.48 bits per heavy atom. The van der Waals surface area contributed by atoms with Gasteiger partial charge in [0, 0.05) is 12.3 Å². The second kappa shape index (κ2) is 16.1. The van der Waals surface area contributed by atoms with Crippen molar-refractivity contribution < 1.29 is 9.53 Å². The van der Waals surface area contributed by atoms with Crippen molar-refractivity contribution in [2.75, 3.05) is 5.88 Å². The summed E-state index contributed by atoms with van der Waals surface area (Å²) in [5.41, 5.74) is 0. The van der Waals surface area contributed by atoms with E-state index in [9.17, 15) is 4.79 Å². The molecule has 0 saturated carbocycles. The fraction of sp³-hybridized carbons (Fsp3) is 0.944. The number of unbranched alkanes of at least 4 members (excludes halogenated alkanes) is 7. The standard InChI is InChI=1S/C18H35ClO2/c1-3-5-7-8-9-10-14-17(13-6-4-2)21-18(20)15-11-12-16-19/h17H,3-16H2,1-2H3. The maximum Gasteiger partial charge on any atom is 0.306 e. The fourth-order valence-corrected chi connectivity index (χ4v) is 2.64. The summed E-state index contributed by atoms with van der Waals surface area (Å²) in [6, 6.07) is 0. The molecule has 0 saturated heterocycles. The average Bonchev–Trinajstić information content (AvgIpc) is 2.48. The van der Waals surface area contributed by atoms with E-state index in [1.54, 1.807) is 0 Å². The first kappa shape index (κ1) is 20.8. The third-order valence-corrected chi connectivity index (χ3v) is 4.09. The van der Waals surface area contributed by atoms with Crippen molar-refractivity contribution in [2.24, 2.45) is 0 Å². The van der Waals surface area contributed by atoms with Crippen LogP contribution in [0.3, 0.4) is 0 Å². The van der Waals surface area contributed by atoms with Crippen LogP contribution in [0, 0.1) is 0 Å². The Morgan fingerprint density at radius 1 is 0.857 bits per heavy atom. The molecule has 0 aliphatic heterocycles. The highest BCUT2D eigenvalue weighted by molar-refractivity contribution is 6.17. The van der Waals surface area contributed by atoms with E-state index < -0.39 is 0 Å². The highest BCUT2D eigenvalue weighted by Crippen LogP contribution is 2.16. The van der Waals surface area contributed by atoms with Crippen molar-refractivity contribution >= 4 is 17.6 Å². The van der Waals surface area contributed by atoms with E-state index in [1.165, 1.54) is 38.5 Å². The first-order valence-corrected chi connectivity index (χ1v) is 9.53. The average molecular weight is 319 g/mol. The Bertz CT molecular complexity index is 231. The molecule has 0 amide bonds. The SMILES string of the molecule is CCCCCCCCC(CCCC)OC(=O)CCCCCl. The number of ether oxygens (including phenoxy) is 1. The van der Waals surface area contributed by atoms with Gasteiger partial charge in [0.1, 0.15) is 6.10 Å². The summed E-state index contributed by atoms with van der Waals surface area (Å²) in [6.07, 6.45) is 14.5. The van der Waals surface area contributed by atoms with Crippen molar-refractivity contribution in [3.05, 3.63) is 0 Å². The monoisotopic (exact) mass is 318 g/mol. The molecule has 0 N–H and O–H groups in total. The second-order valence-electron chi connectivity index (χ2n) is 5.96. The molecule has 0 aromatic rings. The maximum atomic E-state index is 11.8. The predicted molar refractivity (Wildman–Crippen MR) is 92.0 cm³/mol. The van der Waals surface area contributed by atoms with Crippen molar-refractivity contribution in [2.45, 2.75) is 103 Å². The van der Waals surface area contributed by atoms with Gasteiger partial charge in [-0.25, -0.2) is 0 Å². The third-order valence-electron chi connectivity index (χ3n) is 3.82. The minimum Gasteiger partial charge on any atom is -0.462 e. The number of esters is 1. The summed E-state index contributed by atoms with van der Waals surface area (Å²) in [5.74, 6) is 0.594. The van der Waals surface area contributed by atoms with E-state index in [2.05, 4.69) is 13.8 Å². The molecule has 0 aromatic carbocycles. The first-order valence-electron chi connectivity index (χ1n) is 9.00. The van der Waals surface area contributed by atoms with Crippen LogP contribution in [0.4, 0.5) is 0 Å². The van der Waals surface area contributed by atoms with Gasteiger partial charge < -0.3 is 4.74 Å². The third kappa shape index (κ3) is 14.5. The van der Waals surface area contributed by atoms with Crippen LogP contribution in [0.25, 0.3) is 0 Å². The van der Waals surface area contributed by atoms with Crippen molar-refractivity contribution in [1.82, 2.24) is 0 Å². The largest absolute Gasteiger partial charge is 0.462 e. The maximum absolute atomic E-state index is 11.8. The molecule has 0 fully saturated rings. The van der Waals surface area contributed by atoms with Gasteiger partial charge >= 0.3 is 5.97 Å². The molecule has 0 heterocycles. The molecule has 0 bridgehead atoms. The molecule has 0 aromatic heterocycles. The lowest BCUT2D eigenvalue weighted by Gasteiger charge is -2.17. The van der Waals surface area contributed by atoms with E-state index >= 15 is 0 Å². The molecular formula is C18H35ClO2. The number of hydrogen-bond acceptors (Lipinski definition) is 2. The van der Waals surface area contributed by atoms with Crippen molar-refractivity contribution in [3.63, 3.8) is 0 Å². The summed E-state index contributed by atoms with van der Waals surface area (Å²) < 4.78 is 5.64. The molecule has 2 nitrogen and oxygen atoms in total. The molecule has 3 heteroatoms. The molecule has 0 aliphatic carbocycles. The Labute approximate surface area is 137 Å². The molecule has 0 rings (SSSR count). The van der Waals surface area contributed by atoms with Crippen molar-refractivity contribution in [3.8, 4) is 0 Å². The topological polar surface area (TPSA) is 26.3 Å². The summed E-state index contributed by atoms with van der Waals surface area (Å²) in [5, 5.41) is 0. The highest BCUT2D eigenvalue weighted by atomic mass is 35.5. The molecule has 1 atom stereocenters. The van der Waals surface area contributed by atoms with Crippen LogP contribution < -0.4 is 0 Å². The van der Waals surface area contributed by atoms with Crippen LogP contribution in [-0.2, 0) is 9.53 Å². The number of halogens is 1. The van der Waals surface area contributed by atoms with Crippen LogP contribution in [0.2, 0.25) is 0 Å². The van der Waals surface area contributed by atoms with Gasteiger partial charge in [0.2, 0.25) is 0 Å². The number of carbonyl (C=O) groups excluding carboxylic acids is 1. The number of rotatable bonds is 15. The van der Waals surface area contributed by atoms with Gasteiger partial charge in [-0.15, -0.1) is 11.6 Å². The highest BCUT2D eigenvalue weighted by Gasteiger charge is 2.13. The Hall–Kier alpha value is -0.240. The van der Waals surface area contributed by atoms with Crippen LogP contribution in [0.15, 0.2) is 0 Å². The zero-order chi connectivity index (χ0) is 15.8. The quantitative estimate of drug-likeness (QED) is 0.203. The summed E-state index contributed by atoms with van der Waals surface area (Å²) >= 11 is 5.63. The van der Waals surface area contributed by atoms with Crippen LogP contribution in [-0.4, -0.2) is 18.0 Å². The van der Waals surface area contributed by atoms with Crippen LogP contribution in [0.5, 0.6) is 0 Å². The van der Waals surface area contributed by atoms with Gasteiger partial charge in [-0.05, 0) is 32.1 Å². The van der Waals surface area contributed by atoms with E-state index in [0.717, 1.165) is 38.5 Å². The molecule has 0 spiro atoms. The second-order valence-corrected chi connectivity index (χ2v) is 6.33. The van der Waals surface area contributed by atoms with E-state index in [1.807, 2.05) is 0 Å². The summed E-state index contributed by atoms with van der Waals surface area (Å²) in [4.78, 5) is 11.8. The lowest BCUT2D eigenvalue weighted by Crippen LogP contribution is -2.18. The molecule has 1 unspecified atom stereocenters. The Morgan fingerprint density at radius 3 is 2.14 bits per heavy atom. The van der Waals surface area contributed by atoms with Gasteiger partial charge in [-0.1, -0.05) is 58.8 Å². The Kier molecular flexibility index (Phi) is 16.0. The molecule has 126 valence electrons. The molecule has 0 radical (unpaired) electrons. The van der Waals surface area contributed by atoms with E-state index in [0.29, 0.717) is 12.3 Å². The van der Waals surface area contributed by atoms with E-state index in [4.69, 9.17) is 16.3 Å². The normalized spacial score (nSPS) is 12.3. The number of hydrogen-bond donors (Lipinski definition) is 0. The Balaban J connectivity index is 3.82. The zero-order valence-electron chi connectivity index (χ0n) is 14.2. The first-order chi connectivity index (χ1) is 10.2. The lowest BCUT2D eigenvalue weighted by molar-refractivity contribution is -0.150. The number of carbonyl (C=O) groups is 1. The molecule has 21 heavy (non-hydrogen) atoms.